The number of aryl methyl sites for hydroxylation is 2. The summed E-state index contributed by atoms with van der Waals surface area (Å²) in [5.41, 5.74) is 4.45. The molecule has 0 saturated heterocycles. The molecule has 1 N–H and O–H groups in total. The molecule has 0 bridgehead atoms. The molecule has 0 amide bonds. The molecule has 144 valence electrons. The number of H-pyrrole nitrogens is 1. The van der Waals surface area contributed by atoms with Crippen LogP contribution in [-0.4, -0.2) is 40.7 Å². The summed E-state index contributed by atoms with van der Waals surface area (Å²) >= 11 is 5.93. The summed E-state index contributed by atoms with van der Waals surface area (Å²) in [5.74, 6) is 1.23. The molecule has 4 rings (SSSR count). The Balaban J connectivity index is 1.46. The molecular formula is C22H23ClN4O. The van der Waals surface area contributed by atoms with E-state index in [1.807, 2.05) is 24.3 Å². The number of hydrogen-bond donors (Lipinski definition) is 1. The van der Waals surface area contributed by atoms with Crippen molar-refractivity contribution in [3.05, 3.63) is 70.5 Å². The van der Waals surface area contributed by atoms with Gasteiger partial charge in [-0.05, 0) is 62.3 Å². The van der Waals surface area contributed by atoms with Gasteiger partial charge >= 0.3 is 0 Å². The molecular weight excluding hydrogens is 372 g/mol. The fraction of sp³-hybridized carbons (Fsp3) is 0.273. The van der Waals surface area contributed by atoms with Gasteiger partial charge in [0.2, 0.25) is 0 Å². The van der Waals surface area contributed by atoms with Crippen LogP contribution in [0.2, 0.25) is 5.02 Å². The van der Waals surface area contributed by atoms with E-state index < -0.39 is 0 Å². The fourth-order valence-electron chi connectivity index (χ4n) is 3.17. The average molecular weight is 395 g/mol. The first kappa shape index (κ1) is 18.7. The van der Waals surface area contributed by atoms with Crippen LogP contribution in [0.15, 0.2) is 53.1 Å². The Bertz CT molecular complexity index is 1070. The Hall–Kier alpha value is -2.63. The summed E-state index contributed by atoms with van der Waals surface area (Å²) in [6.45, 7) is 1.03. The lowest BCUT2D eigenvalue weighted by Crippen LogP contribution is -2.14. The summed E-state index contributed by atoms with van der Waals surface area (Å²) in [4.78, 5) is 10.1. The van der Waals surface area contributed by atoms with Crippen LogP contribution in [0.4, 0.5) is 0 Å². The third kappa shape index (κ3) is 4.43. The van der Waals surface area contributed by atoms with Crippen LogP contribution >= 0.6 is 11.6 Å². The molecule has 2 heterocycles. The molecule has 6 heteroatoms. The van der Waals surface area contributed by atoms with Gasteiger partial charge in [-0.3, -0.25) is 0 Å². The van der Waals surface area contributed by atoms with Crippen molar-refractivity contribution < 1.29 is 4.52 Å². The van der Waals surface area contributed by atoms with Crippen LogP contribution in [0.1, 0.15) is 17.0 Å². The van der Waals surface area contributed by atoms with E-state index in [1.165, 1.54) is 11.1 Å². The molecule has 0 atom stereocenters. The van der Waals surface area contributed by atoms with Gasteiger partial charge < -0.3 is 14.4 Å². The van der Waals surface area contributed by atoms with Gasteiger partial charge in [0.25, 0.3) is 5.89 Å². The van der Waals surface area contributed by atoms with E-state index in [0.29, 0.717) is 11.7 Å². The van der Waals surface area contributed by atoms with Crippen molar-refractivity contribution in [3.63, 3.8) is 0 Å². The minimum absolute atomic E-state index is 0.525. The molecule has 0 aliphatic heterocycles. The summed E-state index contributed by atoms with van der Waals surface area (Å²) in [6, 6.07) is 16.4. The first-order chi connectivity index (χ1) is 13.6. The molecule has 2 aromatic carbocycles. The van der Waals surface area contributed by atoms with E-state index in [2.05, 4.69) is 58.4 Å². The summed E-state index contributed by atoms with van der Waals surface area (Å²) in [5, 5.41) is 6.01. The van der Waals surface area contributed by atoms with Gasteiger partial charge in [0.1, 0.15) is 5.69 Å². The molecule has 0 saturated carbocycles. The van der Waals surface area contributed by atoms with E-state index >= 15 is 0 Å². The molecule has 2 aromatic heterocycles. The van der Waals surface area contributed by atoms with Gasteiger partial charge in [0.15, 0.2) is 5.82 Å². The molecule has 0 aliphatic rings. The quantitative estimate of drug-likeness (QED) is 0.491. The zero-order valence-electron chi connectivity index (χ0n) is 16.1. The lowest BCUT2D eigenvalue weighted by molar-refractivity contribution is 0.414. The first-order valence-corrected chi connectivity index (χ1v) is 9.78. The van der Waals surface area contributed by atoms with Crippen molar-refractivity contribution in [3.8, 4) is 11.6 Å². The summed E-state index contributed by atoms with van der Waals surface area (Å²) in [6.07, 6.45) is 2.59. The van der Waals surface area contributed by atoms with Gasteiger partial charge in [0.05, 0.1) is 0 Å². The van der Waals surface area contributed by atoms with E-state index in [4.69, 9.17) is 16.1 Å². The van der Waals surface area contributed by atoms with Gasteiger partial charge in [-0.25, -0.2) is 0 Å². The van der Waals surface area contributed by atoms with Crippen LogP contribution in [0, 0.1) is 0 Å². The Morgan fingerprint density at radius 3 is 2.54 bits per heavy atom. The average Bonchev–Trinajstić information content (AvgIpc) is 3.32. The fourth-order valence-corrected chi connectivity index (χ4v) is 3.30. The molecule has 0 radical (unpaired) electrons. The summed E-state index contributed by atoms with van der Waals surface area (Å²) in [7, 11) is 4.18. The van der Waals surface area contributed by atoms with Crippen molar-refractivity contribution in [1.82, 2.24) is 20.0 Å². The highest BCUT2D eigenvalue weighted by atomic mass is 35.5. The first-order valence-electron chi connectivity index (χ1n) is 9.40. The van der Waals surface area contributed by atoms with Crippen molar-refractivity contribution in [2.75, 3.05) is 20.6 Å². The number of aromatic amines is 1. The molecule has 5 nitrogen and oxygen atoms in total. The van der Waals surface area contributed by atoms with Crippen LogP contribution in [0.25, 0.3) is 22.5 Å². The van der Waals surface area contributed by atoms with Crippen LogP contribution in [-0.2, 0) is 19.3 Å². The predicted octanol–water partition coefficient (Wildman–Crippen LogP) is 4.76. The van der Waals surface area contributed by atoms with Crippen molar-refractivity contribution in [2.45, 2.75) is 19.3 Å². The molecule has 0 fully saturated rings. The van der Waals surface area contributed by atoms with Gasteiger partial charge in [0, 0.05) is 28.9 Å². The number of benzene rings is 2. The number of fused-ring (bicyclic) bond motifs is 1. The van der Waals surface area contributed by atoms with Crippen molar-refractivity contribution >= 4 is 22.5 Å². The van der Waals surface area contributed by atoms with E-state index in [1.54, 1.807) is 0 Å². The molecule has 4 aromatic rings. The van der Waals surface area contributed by atoms with Crippen LogP contribution < -0.4 is 0 Å². The summed E-state index contributed by atoms with van der Waals surface area (Å²) < 4.78 is 5.48. The standard InChI is InChI=1S/C22H23ClN4O/c1-27(2)12-11-16-3-7-17-14-20(24-19(17)13-16)22-25-21(26-28-22)10-6-15-4-8-18(23)9-5-15/h3-5,7-9,13-14,24H,6,10-12H2,1-2H3. The number of hydrogen-bond acceptors (Lipinski definition) is 4. The zero-order valence-corrected chi connectivity index (χ0v) is 16.8. The van der Waals surface area contributed by atoms with Crippen molar-refractivity contribution in [2.24, 2.45) is 0 Å². The molecule has 28 heavy (non-hydrogen) atoms. The number of halogens is 1. The number of aromatic nitrogens is 3. The Labute approximate surface area is 169 Å². The van der Waals surface area contributed by atoms with E-state index in [9.17, 15) is 0 Å². The van der Waals surface area contributed by atoms with E-state index in [0.717, 1.165) is 47.4 Å². The van der Waals surface area contributed by atoms with Gasteiger partial charge in [-0.1, -0.05) is 41.0 Å². The minimum atomic E-state index is 0.525. The number of nitrogens with one attached hydrogen (secondary N) is 1. The second-order valence-corrected chi connectivity index (χ2v) is 7.74. The van der Waals surface area contributed by atoms with Crippen LogP contribution in [0.5, 0.6) is 0 Å². The monoisotopic (exact) mass is 394 g/mol. The number of rotatable bonds is 7. The maximum Gasteiger partial charge on any atom is 0.274 e. The second kappa shape index (κ2) is 8.17. The third-order valence-electron chi connectivity index (χ3n) is 4.78. The minimum Gasteiger partial charge on any atom is -0.351 e. The predicted molar refractivity (Wildman–Crippen MR) is 113 cm³/mol. The van der Waals surface area contributed by atoms with Gasteiger partial charge in [-0.15, -0.1) is 0 Å². The largest absolute Gasteiger partial charge is 0.351 e. The Morgan fingerprint density at radius 2 is 1.75 bits per heavy atom. The number of nitrogens with zero attached hydrogens (tertiary/aromatic N) is 3. The maximum atomic E-state index is 5.93. The lowest BCUT2D eigenvalue weighted by atomic mass is 10.1. The van der Waals surface area contributed by atoms with E-state index in [-0.39, 0.29) is 0 Å². The second-order valence-electron chi connectivity index (χ2n) is 7.30. The van der Waals surface area contributed by atoms with Gasteiger partial charge in [-0.2, -0.15) is 4.98 Å². The van der Waals surface area contributed by atoms with Crippen LogP contribution in [0.3, 0.4) is 0 Å². The normalized spacial score (nSPS) is 11.6. The smallest absolute Gasteiger partial charge is 0.274 e. The highest BCUT2D eigenvalue weighted by molar-refractivity contribution is 6.30. The Kier molecular flexibility index (Phi) is 5.46. The zero-order chi connectivity index (χ0) is 19.5. The highest BCUT2D eigenvalue weighted by Gasteiger charge is 2.12. The maximum absolute atomic E-state index is 5.93. The van der Waals surface area contributed by atoms with Crippen molar-refractivity contribution in [1.29, 1.82) is 0 Å². The molecule has 0 spiro atoms. The SMILES string of the molecule is CN(C)CCc1ccc2cc(-c3nc(CCc4ccc(Cl)cc4)no3)[nH]c2c1. The molecule has 0 aliphatic carbocycles. The number of likely N-dealkylation sites (N-methyl/N-ethyl adjacent to an activating group) is 1. The highest BCUT2D eigenvalue weighted by Crippen LogP contribution is 2.24. The Morgan fingerprint density at radius 1 is 0.964 bits per heavy atom. The third-order valence-corrected chi connectivity index (χ3v) is 5.04. The topological polar surface area (TPSA) is 58.0 Å². The molecule has 0 unspecified atom stereocenters. The lowest BCUT2D eigenvalue weighted by Gasteiger charge is -2.08.